The average molecular weight is 213 g/mol. The third-order valence-electron chi connectivity index (χ3n) is 3.22. The van der Waals surface area contributed by atoms with E-state index in [1.54, 1.807) is 6.33 Å². The van der Waals surface area contributed by atoms with E-state index < -0.39 is 0 Å². The molecule has 0 amide bonds. The van der Waals surface area contributed by atoms with E-state index in [-0.39, 0.29) is 0 Å². The fourth-order valence-electron chi connectivity index (χ4n) is 2.17. The number of nitrogens with one attached hydrogen (secondary N) is 1. The van der Waals surface area contributed by atoms with Crippen molar-refractivity contribution in [2.75, 3.05) is 6.54 Å². The van der Waals surface area contributed by atoms with Crippen LogP contribution in [0.3, 0.4) is 0 Å². The number of nitrogens with zero attached hydrogens (tertiary/aromatic N) is 2. The quantitative estimate of drug-likeness (QED) is 0.777. The number of aliphatic imine (C=N–C) groups is 1. The van der Waals surface area contributed by atoms with Crippen molar-refractivity contribution in [1.82, 2.24) is 9.97 Å². The lowest BCUT2D eigenvalue weighted by molar-refractivity contribution is 0.538. The highest BCUT2D eigenvalue weighted by atomic mass is 14.9. The van der Waals surface area contributed by atoms with Crippen LogP contribution in [0.4, 0.5) is 0 Å². The predicted molar refractivity (Wildman–Crippen MR) is 65.9 cm³/mol. The van der Waals surface area contributed by atoms with Gasteiger partial charge in [-0.25, -0.2) is 4.98 Å². The second kappa shape index (κ2) is 3.74. The minimum Gasteiger partial charge on any atom is -0.345 e. The van der Waals surface area contributed by atoms with Crippen LogP contribution in [0.2, 0.25) is 0 Å². The van der Waals surface area contributed by atoms with Crippen LogP contribution in [0.1, 0.15) is 25.3 Å². The van der Waals surface area contributed by atoms with Gasteiger partial charge < -0.3 is 4.98 Å². The van der Waals surface area contributed by atoms with Gasteiger partial charge in [0.1, 0.15) is 0 Å². The Labute approximate surface area is 94.6 Å². The van der Waals surface area contributed by atoms with Crippen LogP contribution in [0.5, 0.6) is 0 Å². The molecule has 3 heteroatoms. The van der Waals surface area contributed by atoms with Gasteiger partial charge >= 0.3 is 0 Å². The molecule has 0 spiro atoms. The van der Waals surface area contributed by atoms with Crippen molar-refractivity contribution in [2.24, 2.45) is 10.9 Å². The first-order chi connectivity index (χ1) is 7.83. The van der Waals surface area contributed by atoms with E-state index in [9.17, 15) is 0 Å². The molecule has 1 aliphatic heterocycles. The van der Waals surface area contributed by atoms with Crippen LogP contribution in [-0.4, -0.2) is 22.2 Å². The van der Waals surface area contributed by atoms with Crippen molar-refractivity contribution >= 4 is 16.7 Å². The monoisotopic (exact) mass is 213 g/mol. The summed E-state index contributed by atoms with van der Waals surface area (Å²) in [6.07, 6.45) is 4.08. The number of imidazole rings is 1. The predicted octanol–water partition coefficient (Wildman–Crippen LogP) is 2.78. The first-order valence-electron chi connectivity index (χ1n) is 5.80. The first-order valence-corrected chi connectivity index (χ1v) is 5.80. The zero-order valence-electron chi connectivity index (χ0n) is 9.40. The molecule has 1 aromatic carbocycles. The number of rotatable bonds is 1. The summed E-state index contributed by atoms with van der Waals surface area (Å²) in [6.45, 7) is 3.23. The molecule has 1 atom stereocenters. The van der Waals surface area contributed by atoms with Crippen molar-refractivity contribution in [1.29, 1.82) is 0 Å². The number of H-pyrrole nitrogens is 1. The lowest BCUT2D eigenvalue weighted by atomic mass is 9.96. The van der Waals surface area contributed by atoms with E-state index in [1.807, 2.05) is 0 Å². The minimum atomic E-state index is 0.736. The summed E-state index contributed by atoms with van der Waals surface area (Å²) in [5.74, 6) is 0.736. The maximum atomic E-state index is 4.65. The SMILES string of the molecule is CC1CCC(c2ccc3nc[nH]c3c2)=NC1. The maximum absolute atomic E-state index is 4.65. The number of hydrogen-bond donors (Lipinski definition) is 1. The molecule has 2 aromatic rings. The van der Waals surface area contributed by atoms with Gasteiger partial charge in [0.05, 0.1) is 17.4 Å². The molecule has 16 heavy (non-hydrogen) atoms. The summed E-state index contributed by atoms with van der Waals surface area (Å²) in [6, 6.07) is 6.33. The number of benzene rings is 1. The van der Waals surface area contributed by atoms with E-state index in [0.29, 0.717) is 0 Å². The van der Waals surface area contributed by atoms with E-state index in [4.69, 9.17) is 0 Å². The molecule has 82 valence electrons. The van der Waals surface area contributed by atoms with E-state index in [2.05, 4.69) is 40.1 Å². The summed E-state index contributed by atoms with van der Waals surface area (Å²) in [5, 5.41) is 0. The van der Waals surface area contributed by atoms with E-state index >= 15 is 0 Å². The molecular formula is C13H15N3. The summed E-state index contributed by atoms with van der Waals surface area (Å²) in [5.41, 5.74) is 4.60. The fourth-order valence-corrected chi connectivity index (χ4v) is 2.17. The number of hydrogen-bond acceptors (Lipinski definition) is 2. The average Bonchev–Trinajstić information content (AvgIpc) is 2.77. The molecule has 0 saturated heterocycles. The molecule has 3 nitrogen and oxygen atoms in total. The van der Waals surface area contributed by atoms with Crippen LogP contribution >= 0.6 is 0 Å². The molecule has 1 aliphatic rings. The highest BCUT2D eigenvalue weighted by Crippen LogP contribution is 2.20. The van der Waals surface area contributed by atoms with E-state index in [0.717, 1.165) is 29.9 Å². The Hall–Kier alpha value is -1.64. The summed E-state index contributed by atoms with van der Waals surface area (Å²) < 4.78 is 0. The van der Waals surface area contributed by atoms with Crippen LogP contribution < -0.4 is 0 Å². The zero-order chi connectivity index (χ0) is 11.0. The highest BCUT2D eigenvalue weighted by Gasteiger charge is 2.13. The number of fused-ring (bicyclic) bond motifs is 1. The topological polar surface area (TPSA) is 41.0 Å². The van der Waals surface area contributed by atoms with Gasteiger partial charge in [0.2, 0.25) is 0 Å². The minimum absolute atomic E-state index is 0.736. The zero-order valence-corrected chi connectivity index (χ0v) is 9.40. The molecule has 1 aromatic heterocycles. The van der Waals surface area contributed by atoms with Crippen LogP contribution in [0.15, 0.2) is 29.5 Å². The van der Waals surface area contributed by atoms with Crippen LogP contribution in [0, 0.1) is 5.92 Å². The molecule has 2 heterocycles. The molecule has 0 radical (unpaired) electrons. The largest absolute Gasteiger partial charge is 0.345 e. The van der Waals surface area contributed by atoms with Gasteiger partial charge in [0, 0.05) is 12.3 Å². The molecule has 3 rings (SSSR count). The van der Waals surface area contributed by atoms with Gasteiger partial charge in [0.25, 0.3) is 0 Å². The third-order valence-corrected chi connectivity index (χ3v) is 3.22. The normalized spacial score (nSPS) is 21.1. The van der Waals surface area contributed by atoms with Crippen LogP contribution in [0.25, 0.3) is 11.0 Å². The molecule has 0 saturated carbocycles. The smallest absolute Gasteiger partial charge is 0.0931 e. The molecule has 1 unspecified atom stereocenters. The van der Waals surface area contributed by atoms with Gasteiger partial charge in [-0.15, -0.1) is 0 Å². The Balaban J connectivity index is 1.99. The van der Waals surface area contributed by atoms with Crippen LogP contribution in [-0.2, 0) is 0 Å². The van der Waals surface area contributed by atoms with Gasteiger partial charge in [0.15, 0.2) is 0 Å². The molecular weight excluding hydrogens is 198 g/mol. The number of aromatic amines is 1. The van der Waals surface area contributed by atoms with Crippen molar-refractivity contribution in [2.45, 2.75) is 19.8 Å². The summed E-state index contributed by atoms with van der Waals surface area (Å²) in [4.78, 5) is 12.0. The second-order valence-corrected chi connectivity index (χ2v) is 4.57. The summed E-state index contributed by atoms with van der Waals surface area (Å²) in [7, 11) is 0. The Morgan fingerprint density at radius 1 is 1.38 bits per heavy atom. The Morgan fingerprint density at radius 2 is 2.31 bits per heavy atom. The highest BCUT2D eigenvalue weighted by molar-refractivity contribution is 6.03. The summed E-state index contributed by atoms with van der Waals surface area (Å²) >= 11 is 0. The molecule has 0 fully saturated rings. The lowest BCUT2D eigenvalue weighted by Gasteiger charge is -2.17. The fraction of sp³-hybridized carbons (Fsp3) is 0.385. The van der Waals surface area contributed by atoms with Gasteiger partial charge in [-0.05, 0) is 36.5 Å². The third kappa shape index (κ3) is 1.62. The van der Waals surface area contributed by atoms with Crippen molar-refractivity contribution in [3.8, 4) is 0 Å². The van der Waals surface area contributed by atoms with Crippen molar-refractivity contribution in [3.05, 3.63) is 30.1 Å². The Morgan fingerprint density at radius 3 is 3.12 bits per heavy atom. The lowest BCUT2D eigenvalue weighted by Crippen LogP contribution is -2.14. The standard InChI is InChI=1S/C13H15N3/c1-9-2-4-11(14-7-9)10-3-5-12-13(6-10)16-8-15-12/h3,5-6,8-9H,2,4,7H2,1H3,(H,15,16). The second-order valence-electron chi connectivity index (χ2n) is 4.57. The maximum Gasteiger partial charge on any atom is 0.0931 e. The van der Waals surface area contributed by atoms with Gasteiger partial charge in [-0.3, -0.25) is 4.99 Å². The molecule has 0 bridgehead atoms. The molecule has 0 aliphatic carbocycles. The van der Waals surface area contributed by atoms with Gasteiger partial charge in [-0.2, -0.15) is 0 Å². The van der Waals surface area contributed by atoms with E-state index in [1.165, 1.54) is 17.7 Å². The first kappa shape index (κ1) is 9.58. The molecule has 1 N–H and O–H groups in total. The van der Waals surface area contributed by atoms with Gasteiger partial charge in [-0.1, -0.05) is 13.0 Å². The Bertz CT molecular complexity index is 539. The Kier molecular flexibility index (Phi) is 2.24. The van der Waals surface area contributed by atoms with Crippen molar-refractivity contribution < 1.29 is 0 Å². The number of aromatic nitrogens is 2. The van der Waals surface area contributed by atoms with Crippen molar-refractivity contribution in [3.63, 3.8) is 0 Å².